The number of rotatable bonds is 3. The molecule has 0 aliphatic heterocycles. The summed E-state index contributed by atoms with van der Waals surface area (Å²) in [5.41, 5.74) is 1.29. The molecule has 0 heterocycles. The number of hydrogen-bond acceptors (Lipinski definition) is 1. The van der Waals surface area contributed by atoms with E-state index in [-0.39, 0.29) is 5.91 Å². The average Bonchev–Trinajstić information content (AvgIpc) is 2.45. The van der Waals surface area contributed by atoms with Crippen molar-refractivity contribution in [3.63, 3.8) is 0 Å². The Kier molecular flexibility index (Phi) is 5.55. The Labute approximate surface area is 146 Å². The van der Waals surface area contributed by atoms with Gasteiger partial charge in [0.15, 0.2) is 0 Å². The lowest BCUT2D eigenvalue weighted by molar-refractivity contribution is 0.0784. The van der Waals surface area contributed by atoms with Gasteiger partial charge in [0.1, 0.15) is 0 Å². The SMILES string of the molecule is CN(Cc1cccc(Cl)c1Cl)C(=O)c1cc(Cl)ccc1Br. The van der Waals surface area contributed by atoms with Crippen LogP contribution in [0.25, 0.3) is 0 Å². The average molecular weight is 408 g/mol. The van der Waals surface area contributed by atoms with Crippen molar-refractivity contribution in [2.75, 3.05) is 7.05 Å². The summed E-state index contributed by atoms with van der Waals surface area (Å²) in [5, 5.41) is 1.44. The van der Waals surface area contributed by atoms with E-state index in [1.54, 1.807) is 42.3 Å². The summed E-state index contributed by atoms with van der Waals surface area (Å²) in [4.78, 5) is 14.0. The molecule has 0 aliphatic carbocycles. The number of carbonyl (C=O) groups excluding carboxylic acids is 1. The summed E-state index contributed by atoms with van der Waals surface area (Å²) in [6.45, 7) is 0.358. The van der Waals surface area contributed by atoms with E-state index in [9.17, 15) is 4.79 Å². The molecule has 0 atom stereocenters. The number of amides is 1. The summed E-state index contributed by atoms with van der Waals surface area (Å²) in [6, 6.07) is 10.4. The lowest BCUT2D eigenvalue weighted by Gasteiger charge is -2.19. The normalized spacial score (nSPS) is 10.5. The Balaban J connectivity index is 2.24. The number of hydrogen-bond donors (Lipinski definition) is 0. The molecule has 2 aromatic rings. The minimum Gasteiger partial charge on any atom is -0.337 e. The molecule has 110 valence electrons. The van der Waals surface area contributed by atoms with Crippen LogP contribution >= 0.6 is 50.7 Å². The van der Waals surface area contributed by atoms with Crippen LogP contribution in [0.4, 0.5) is 0 Å². The highest BCUT2D eigenvalue weighted by Gasteiger charge is 2.17. The van der Waals surface area contributed by atoms with Crippen LogP contribution in [0.2, 0.25) is 15.1 Å². The van der Waals surface area contributed by atoms with Crippen LogP contribution in [-0.4, -0.2) is 17.9 Å². The van der Waals surface area contributed by atoms with E-state index in [0.29, 0.717) is 31.6 Å². The van der Waals surface area contributed by atoms with E-state index in [4.69, 9.17) is 34.8 Å². The second-order valence-corrected chi connectivity index (χ2v) is 6.57. The minimum atomic E-state index is -0.152. The van der Waals surface area contributed by atoms with Crippen molar-refractivity contribution in [1.29, 1.82) is 0 Å². The van der Waals surface area contributed by atoms with Gasteiger partial charge in [-0.3, -0.25) is 4.79 Å². The van der Waals surface area contributed by atoms with Crippen LogP contribution in [0.5, 0.6) is 0 Å². The first-order valence-electron chi connectivity index (χ1n) is 6.03. The first kappa shape index (κ1) is 16.6. The topological polar surface area (TPSA) is 20.3 Å². The van der Waals surface area contributed by atoms with Gasteiger partial charge in [-0.1, -0.05) is 46.9 Å². The van der Waals surface area contributed by atoms with Gasteiger partial charge in [0.05, 0.1) is 15.6 Å². The number of nitrogens with zero attached hydrogens (tertiary/aromatic N) is 1. The van der Waals surface area contributed by atoms with Crippen LogP contribution in [-0.2, 0) is 6.54 Å². The third-order valence-corrected chi connectivity index (χ3v) is 4.73. The second kappa shape index (κ2) is 7.01. The maximum atomic E-state index is 12.5. The molecular weight excluding hydrogens is 396 g/mol. The van der Waals surface area contributed by atoms with Crippen molar-refractivity contribution >= 4 is 56.6 Å². The van der Waals surface area contributed by atoms with Gasteiger partial charge in [0.2, 0.25) is 0 Å². The molecule has 0 saturated carbocycles. The summed E-state index contributed by atoms with van der Waals surface area (Å²) in [7, 11) is 1.70. The van der Waals surface area contributed by atoms with Gasteiger partial charge in [-0.25, -0.2) is 0 Å². The van der Waals surface area contributed by atoms with E-state index in [1.807, 2.05) is 6.07 Å². The van der Waals surface area contributed by atoms with Crippen LogP contribution in [0.15, 0.2) is 40.9 Å². The van der Waals surface area contributed by atoms with E-state index in [2.05, 4.69) is 15.9 Å². The van der Waals surface area contributed by atoms with Gasteiger partial charge in [0, 0.05) is 23.1 Å². The second-order valence-electron chi connectivity index (χ2n) is 4.50. The van der Waals surface area contributed by atoms with Gasteiger partial charge >= 0.3 is 0 Å². The van der Waals surface area contributed by atoms with Crippen molar-refractivity contribution < 1.29 is 4.79 Å². The molecule has 0 aliphatic rings. The highest BCUT2D eigenvalue weighted by molar-refractivity contribution is 9.10. The lowest BCUT2D eigenvalue weighted by atomic mass is 10.1. The Morgan fingerprint density at radius 3 is 2.62 bits per heavy atom. The van der Waals surface area contributed by atoms with Crippen LogP contribution in [0, 0.1) is 0 Å². The molecule has 0 spiro atoms. The fraction of sp³-hybridized carbons (Fsp3) is 0.133. The number of benzene rings is 2. The van der Waals surface area contributed by atoms with E-state index in [1.165, 1.54) is 0 Å². The summed E-state index contributed by atoms with van der Waals surface area (Å²) < 4.78 is 0.695. The third-order valence-electron chi connectivity index (χ3n) is 2.94. The van der Waals surface area contributed by atoms with Crippen LogP contribution < -0.4 is 0 Å². The molecule has 6 heteroatoms. The van der Waals surface area contributed by atoms with Gasteiger partial charge in [0.25, 0.3) is 5.91 Å². The maximum Gasteiger partial charge on any atom is 0.255 e. The Hall–Kier alpha value is -0.740. The molecule has 0 unspecified atom stereocenters. The molecule has 2 aromatic carbocycles. The Bertz CT molecular complexity index is 691. The number of carbonyl (C=O) groups is 1. The number of halogens is 4. The van der Waals surface area contributed by atoms with Gasteiger partial charge in [-0.2, -0.15) is 0 Å². The Morgan fingerprint density at radius 1 is 1.19 bits per heavy atom. The van der Waals surface area contributed by atoms with Crippen molar-refractivity contribution in [1.82, 2.24) is 4.90 Å². The highest BCUT2D eigenvalue weighted by atomic mass is 79.9. The molecule has 0 aromatic heterocycles. The van der Waals surface area contributed by atoms with E-state index in [0.717, 1.165) is 5.56 Å². The first-order valence-corrected chi connectivity index (χ1v) is 7.96. The molecule has 1 amide bonds. The fourth-order valence-electron chi connectivity index (χ4n) is 1.86. The third kappa shape index (κ3) is 3.92. The van der Waals surface area contributed by atoms with Crippen LogP contribution in [0.1, 0.15) is 15.9 Å². The monoisotopic (exact) mass is 405 g/mol. The fourth-order valence-corrected chi connectivity index (χ4v) is 2.83. The maximum absolute atomic E-state index is 12.5. The highest BCUT2D eigenvalue weighted by Crippen LogP contribution is 2.27. The molecule has 0 N–H and O–H groups in total. The predicted octanol–water partition coefficient (Wildman–Crippen LogP) is 5.68. The minimum absolute atomic E-state index is 0.152. The smallest absolute Gasteiger partial charge is 0.255 e. The molecule has 0 fully saturated rings. The van der Waals surface area contributed by atoms with Crippen molar-refractivity contribution in [2.45, 2.75) is 6.54 Å². The first-order chi connectivity index (χ1) is 9.90. The van der Waals surface area contributed by atoms with Gasteiger partial charge in [-0.15, -0.1) is 0 Å². The molecular formula is C15H11BrCl3NO. The lowest BCUT2D eigenvalue weighted by Crippen LogP contribution is -2.26. The zero-order valence-electron chi connectivity index (χ0n) is 11.0. The van der Waals surface area contributed by atoms with Gasteiger partial charge in [-0.05, 0) is 45.8 Å². The van der Waals surface area contributed by atoms with Crippen molar-refractivity contribution in [2.24, 2.45) is 0 Å². The Morgan fingerprint density at radius 2 is 1.90 bits per heavy atom. The molecule has 0 saturated heterocycles. The molecule has 0 radical (unpaired) electrons. The van der Waals surface area contributed by atoms with Crippen LogP contribution in [0.3, 0.4) is 0 Å². The van der Waals surface area contributed by atoms with Crippen molar-refractivity contribution in [3.8, 4) is 0 Å². The summed E-state index contributed by atoms with van der Waals surface area (Å²) in [5.74, 6) is -0.152. The molecule has 0 bridgehead atoms. The largest absolute Gasteiger partial charge is 0.337 e. The van der Waals surface area contributed by atoms with Gasteiger partial charge < -0.3 is 4.90 Å². The predicted molar refractivity (Wildman–Crippen MR) is 91.4 cm³/mol. The summed E-state index contributed by atoms with van der Waals surface area (Å²) in [6.07, 6.45) is 0. The van der Waals surface area contributed by atoms with E-state index >= 15 is 0 Å². The van der Waals surface area contributed by atoms with E-state index < -0.39 is 0 Å². The standard InChI is InChI=1S/C15H11BrCl3NO/c1-20(8-9-3-2-4-13(18)14(9)19)15(21)11-7-10(17)5-6-12(11)16/h2-7H,8H2,1H3. The van der Waals surface area contributed by atoms with Crippen molar-refractivity contribution in [3.05, 3.63) is 67.1 Å². The molecule has 2 rings (SSSR count). The quantitative estimate of drug-likeness (QED) is 0.641. The zero-order chi connectivity index (χ0) is 15.6. The zero-order valence-corrected chi connectivity index (χ0v) is 14.9. The summed E-state index contributed by atoms with van der Waals surface area (Å²) >= 11 is 21.4. The molecule has 21 heavy (non-hydrogen) atoms. The molecule has 2 nitrogen and oxygen atoms in total.